The Balaban J connectivity index is 1.49. The van der Waals surface area contributed by atoms with E-state index in [0.29, 0.717) is 16.8 Å². The number of para-hydroxylation sites is 2. The summed E-state index contributed by atoms with van der Waals surface area (Å²) in [7, 11) is -3.05. The summed E-state index contributed by atoms with van der Waals surface area (Å²) < 4.78 is 2.15. The highest BCUT2D eigenvalue weighted by Gasteiger charge is 2.42. The first-order valence-electron chi connectivity index (χ1n) is 16.3. The lowest BCUT2D eigenvalue weighted by Gasteiger charge is -2.35. The molecule has 0 saturated heterocycles. The van der Waals surface area contributed by atoms with Gasteiger partial charge < -0.3 is 4.57 Å². The van der Waals surface area contributed by atoms with E-state index in [1.54, 1.807) is 0 Å². The van der Waals surface area contributed by atoms with Gasteiger partial charge in [-0.1, -0.05) is 140 Å². The molecule has 0 saturated carbocycles. The summed E-state index contributed by atoms with van der Waals surface area (Å²) in [4.78, 5) is 4.15. The minimum atomic E-state index is -3.05. The van der Waals surface area contributed by atoms with Gasteiger partial charge in [0.2, 0.25) is 0 Å². The summed E-state index contributed by atoms with van der Waals surface area (Å²) >= 11 is 0. The van der Waals surface area contributed by atoms with Crippen LogP contribution < -0.4 is 20.7 Å². The molecule has 50 heavy (non-hydrogen) atoms. The SMILES string of the molecule is [C-]#[N+]c1ccc(-c2cccc(C#N)c2-n2c3ccccc3c3cc(C#N)ccc32)cc1[Si](c1ccccc1)(c1ccccc1)c1ccccc1. The topological polar surface area (TPSA) is 56.9 Å². The third-order valence-corrected chi connectivity index (χ3v) is 14.4. The smallest absolute Gasteiger partial charge is 0.187 e. The number of fused-ring (bicyclic) bond motifs is 3. The average Bonchev–Trinajstić information content (AvgIpc) is 3.52. The van der Waals surface area contributed by atoms with Gasteiger partial charge in [0, 0.05) is 16.3 Å². The van der Waals surface area contributed by atoms with Crippen molar-refractivity contribution in [1.29, 1.82) is 10.5 Å². The van der Waals surface area contributed by atoms with Crippen LogP contribution in [0.2, 0.25) is 0 Å². The highest BCUT2D eigenvalue weighted by Crippen LogP contribution is 2.38. The Kier molecular flexibility index (Phi) is 7.63. The van der Waals surface area contributed by atoms with Crippen molar-refractivity contribution in [3.63, 3.8) is 0 Å². The summed E-state index contributed by atoms with van der Waals surface area (Å²) in [6, 6.07) is 62.4. The first-order valence-corrected chi connectivity index (χ1v) is 18.3. The number of hydrogen-bond donors (Lipinski definition) is 0. The van der Waals surface area contributed by atoms with E-state index in [9.17, 15) is 10.5 Å². The maximum Gasteiger partial charge on any atom is 0.187 e. The van der Waals surface area contributed by atoms with Crippen molar-refractivity contribution in [2.24, 2.45) is 0 Å². The maximum absolute atomic E-state index is 10.6. The number of rotatable bonds is 6. The van der Waals surface area contributed by atoms with E-state index >= 15 is 0 Å². The molecule has 0 fully saturated rings. The van der Waals surface area contributed by atoms with Gasteiger partial charge in [-0.05, 0) is 56.6 Å². The second-order valence-electron chi connectivity index (χ2n) is 12.2. The third kappa shape index (κ3) is 4.72. The lowest BCUT2D eigenvalue weighted by Crippen LogP contribution is -2.74. The summed E-state index contributed by atoms with van der Waals surface area (Å²) in [5.41, 5.74) is 6.13. The lowest BCUT2D eigenvalue weighted by molar-refractivity contribution is 1.17. The summed E-state index contributed by atoms with van der Waals surface area (Å²) in [6.07, 6.45) is 0. The van der Waals surface area contributed by atoms with Crippen molar-refractivity contribution >= 4 is 56.3 Å². The van der Waals surface area contributed by atoms with Crippen molar-refractivity contribution in [1.82, 2.24) is 4.57 Å². The first-order chi connectivity index (χ1) is 24.7. The van der Waals surface area contributed by atoms with Gasteiger partial charge in [0.25, 0.3) is 0 Å². The van der Waals surface area contributed by atoms with E-state index in [-0.39, 0.29) is 0 Å². The molecule has 0 unspecified atom stereocenters. The molecule has 0 aliphatic rings. The zero-order valence-electron chi connectivity index (χ0n) is 27.0. The molecule has 8 aromatic rings. The zero-order valence-corrected chi connectivity index (χ0v) is 28.0. The molecule has 0 aliphatic carbocycles. The maximum atomic E-state index is 10.6. The predicted molar refractivity (Wildman–Crippen MR) is 206 cm³/mol. The molecule has 0 bridgehead atoms. The monoisotopic (exact) mass is 652 g/mol. The molecule has 0 amide bonds. The molecule has 8 rings (SSSR count). The molecule has 0 N–H and O–H groups in total. The van der Waals surface area contributed by atoms with Gasteiger partial charge in [0.15, 0.2) is 13.8 Å². The molecule has 0 spiro atoms. The van der Waals surface area contributed by atoms with Crippen LogP contribution in [0.5, 0.6) is 0 Å². The van der Waals surface area contributed by atoms with Crippen LogP contribution in [0.25, 0.3) is 43.5 Å². The van der Waals surface area contributed by atoms with E-state index in [1.807, 2.05) is 72.8 Å². The van der Waals surface area contributed by atoms with Crippen LogP contribution in [0.15, 0.2) is 170 Å². The lowest BCUT2D eigenvalue weighted by atomic mass is 9.99. The Hall–Kier alpha value is -6.97. The summed E-state index contributed by atoms with van der Waals surface area (Å²) in [5, 5.41) is 26.8. The standard InChI is InChI=1S/C45H28N4Si/c1-48-41-26-25-33(29-44(41)50(35-15-5-2-6-16-35,36-17-7-3-8-18-36)37-19-9-4-10-20-37)38-22-13-14-34(31-47)45(38)49-42-23-12-11-21-39(42)40-28-32(30-46)24-27-43(40)49/h2-29H. The average molecular weight is 653 g/mol. The number of nitriles is 2. The largest absolute Gasteiger partial charge is 0.307 e. The molecule has 232 valence electrons. The van der Waals surface area contributed by atoms with Gasteiger partial charge >= 0.3 is 0 Å². The van der Waals surface area contributed by atoms with Crippen LogP contribution in [0.4, 0.5) is 5.69 Å². The fraction of sp³-hybridized carbons (Fsp3) is 0. The molecular formula is C45H28N4Si. The fourth-order valence-electron chi connectivity index (χ4n) is 7.52. The first kappa shape index (κ1) is 30.4. The van der Waals surface area contributed by atoms with Crippen molar-refractivity contribution in [3.05, 3.63) is 192 Å². The Bertz CT molecular complexity index is 2580. The van der Waals surface area contributed by atoms with Crippen LogP contribution in [0.1, 0.15) is 11.1 Å². The molecule has 1 aromatic heterocycles. The molecule has 7 aromatic carbocycles. The normalized spacial score (nSPS) is 11.1. The molecule has 4 nitrogen and oxygen atoms in total. The minimum absolute atomic E-state index is 0.531. The van der Waals surface area contributed by atoms with Crippen LogP contribution in [-0.2, 0) is 0 Å². The van der Waals surface area contributed by atoms with Crippen LogP contribution in [-0.4, -0.2) is 12.6 Å². The van der Waals surface area contributed by atoms with E-state index in [1.165, 1.54) is 15.6 Å². The summed E-state index contributed by atoms with van der Waals surface area (Å²) in [5.74, 6) is 0. The van der Waals surface area contributed by atoms with E-state index in [2.05, 4.69) is 119 Å². The Morgan fingerprint density at radius 1 is 0.540 bits per heavy atom. The molecule has 0 atom stereocenters. The molecular weight excluding hydrogens is 625 g/mol. The highest BCUT2D eigenvalue weighted by atomic mass is 28.3. The van der Waals surface area contributed by atoms with Crippen molar-refractivity contribution in [2.45, 2.75) is 0 Å². The van der Waals surface area contributed by atoms with Gasteiger partial charge in [-0.3, -0.25) is 0 Å². The highest BCUT2D eigenvalue weighted by molar-refractivity contribution is 7.20. The van der Waals surface area contributed by atoms with Gasteiger partial charge in [-0.2, -0.15) is 10.5 Å². The molecule has 0 radical (unpaired) electrons. The fourth-order valence-corrected chi connectivity index (χ4v) is 12.4. The Labute approximate surface area is 291 Å². The quantitative estimate of drug-likeness (QED) is 0.104. The predicted octanol–water partition coefficient (Wildman–Crippen LogP) is 8.12. The van der Waals surface area contributed by atoms with Crippen molar-refractivity contribution in [2.75, 3.05) is 0 Å². The van der Waals surface area contributed by atoms with Gasteiger partial charge in [-0.25, -0.2) is 4.85 Å². The zero-order chi connectivity index (χ0) is 34.1. The molecule has 1 heterocycles. The number of benzene rings is 7. The van der Waals surface area contributed by atoms with Crippen molar-refractivity contribution in [3.8, 4) is 29.0 Å². The third-order valence-electron chi connectivity index (χ3n) is 9.63. The second kappa shape index (κ2) is 12.6. The molecule has 5 heteroatoms. The van der Waals surface area contributed by atoms with E-state index in [4.69, 9.17) is 6.57 Å². The van der Waals surface area contributed by atoms with Crippen LogP contribution in [0.3, 0.4) is 0 Å². The summed E-state index contributed by atoms with van der Waals surface area (Å²) in [6.45, 7) is 8.44. The second-order valence-corrected chi connectivity index (χ2v) is 16.0. The minimum Gasteiger partial charge on any atom is -0.307 e. The Morgan fingerprint density at radius 3 is 1.74 bits per heavy atom. The van der Waals surface area contributed by atoms with E-state index < -0.39 is 8.07 Å². The van der Waals surface area contributed by atoms with Crippen molar-refractivity contribution < 1.29 is 0 Å². The molecule has 0 aliphatic heterocycles. The number of aromatic nitrogens is 1. The van der Waals surface area contributed by atoms with Gasteiger partial charge in [0.1, 0.15) is 6.07 Å². The Morgan fingerprint density at radius 2 is 1.14 bits per heavy atom. The van der Waals surface area contributed by atoms with Crippen LogP contribution in [0, 0.1) is 29.2 Å². The number of hydrogen-bond acceptors (Lipinski definition) is 2. The van der Waals surface area contributed by atoms with Crippen LogP contribution >= 0.6 is 0 Å². The van der Waals surface area contributed by atoms with Gasteiger partial charge in [-0.15, -0.1) is 0 Å². The van der Waals surface area contributed by atoms with Gasteiger partial charge in [0.05, 0.1) is 40.5 Å². The van der Waals surface area contributed by atoms with E-state index in [0.717, 1.165) is 43.8 Å². The number of nitrogens with zero attached hydrogens (tertiary/aromatic N) is 4.